The van der Waals surface area contributed by atoms with Gasteiger partial charge in [-0.25, -0.2) is 0 Å². The van der Waals surface area contributed by atoms with Gasteiger partial charge in [0.15, 0.2) is 0 Å². The summed E-state index contributed by atoms with van der Waals surface area (Å²) in [5.41, 5.74) is 2.66. The summed E-state index contributed by atoms with van der Waals surface area (Å²) in [5, 5.41) is 17.2. The van der Waals surface area contributed by atoms with Gasteiger partial charge in [0.25, 0.3) is 5.91 Å². The molecule has 1 aromatic carbocycles. The Balaban J connectivity index is 1.73. The van der Waals surface area contributed by atoms with Crippen molar-refractivity contribution in [3.8, 4) is 5.75 Å². The van der Waals surface area contributed by atoms with Crippen LogP contribution in [0.5, 0.6) is 5.75 Å². The number of hydrogen-bond acceptors (Lipinski definition) is 5. The molecule has 0 saturated heterocycles. The molecule has 4 rings (SSSR count). The summed E-state index contributed by atoms with van der Waals surface area (Å²) in [7, 11) is 2.10. The number of carbonyl (C=O) groups excluding carboxylic acids is 1. The number of thiophene rings is 1. The minimum atomic E-state index is -0.390. The van der Waals surface area contributed by atoms with E-state index in [-0.39, 0.29) is 17.8 Å². The lowest BCUT2D eigenvalue weighted by Crippen LogP contribution is -2.38. The van der Waals surface area contributed by atoms with E-state index < -0.39 is 0 Å². The van der Waals surface area contributed by atoms with Crippen molar-refractivity contribution in [3.05, 3.63) is 45.8 Å². The third kappa shape index (κ3) is 2.07. The highest BCUT2D eigenvalue weighted by Crippen LogP contribution is 2.41. The fraction of sp³-hybridized carbons (Fsp3) is 0.312. The number of nitrogens with zero attached hydrogens (tertiary/aromatic N) is 1. The first kappa shape index (κ1) is 13.6. The van der Waals surface area contributed by atoms with Crippen molar-refractivity contribution in [2.24, 2.45) is 0 Å². The molecule has 3 heterocycles. The van der Waals surface area contributed by atoms with E-state index in [1.807, 2.05) is 12.1 Å². The number of nitrogens with one attached hydrogen (secondary N) is 2. The molecule has 2 aromatic rings. The summed E-state index contributed by atoms with van der Waals surface area (Å²) in [6.07, 6.45) is 0.521. The Morgan fingerprint density at radius 3 is 2.95 bits per heavy atom. The number of likely N-dealkylation sites (N-methyl/N-ethyl adjacent to an activating group) is 1. The first-order valence-electron chi connectivity index (χ1n) is 7.32. The van der Waals surface area contributed by atoms with Crippen molar-refractivity contribution in [1.29, 1.82) is 0 Å². The van der Waals surface area contributed by atoms with Gasteiger partial charge in [-0.1, -0.05) is 18.2 Å². The van der Waals surface area contributed by atoms with Gasteiger partial charge in [-0.05, 0) is 25.1 Å². The first-order valence-corrected chi connectivity index (χ1v) is 8.13. The third-order valence-electron chi connectivity index (χ3n) is 4.27. The molecule has 3 N–H and O–H groups in total. The van der Waals surface area contributed by atoms with Crippen LogP contribution in [0.2, 0.25) is 0 Å². The number of rotatable bonds is 1. The lowest BCUT2D eigenvalue weighted by molar-refractivity contribution is 0.0934. The molecule has 0 saturated carbocycles. The fourth-order valence-electron chi connectivity index (χ4n) is 3.13. The van der Waals surface area contributed by atoms with Crippen LogP contribution in [-0.4, -0.2) is 29.5 Å². The van der Waals surface area contributed by atoms with Gasteiger partial charge in [0.1, 0.15) is 16.9 Å². The Bertz CT molecular complexity index is 756. The summed E-state index contributed by atoms with van der Waals surface area (Å²) in [4.78, 5) is 16.1. The molecule has 0 fully saturated rings. The maximum atomic E-state index is 12.6. The van der Waals surface area contributed by atoms with E-state index in [9.17, 15) is 9.90 Å². The molecule has 0 aliphatic carbocycles. The van der Waals surface area contributed by atoms with Crippen molar-refractivity contribution in [2.45, 2.75) is 19.1 Å². The molecule has 1 atom stereocenters. The van der Waals surface area contributed by atoms with Crippen LogP contribution in [0.15, 0.2) is 24.3 Å². The maximum Gasteiger partial charge on any atom is 0.256 e. The molecule has 5 nitrogen and oxygen atoms in total. The molecule has 6 heteroatoms. The normalized spacial score (nSPS) is 20.8. The summed E-state index contributed by atoms with van der Waals surface area (Å²) in [6.45, 7) is 1.87. The van der Waals surface area contributed by atoms with Gasteiger partial charge in [-0.15, -0.1) is 11.3 Å². The molecule has 2 aliphatic rings. The van der Waals surface area contributed by atoms with Crippen LogP contribution < -0.4 is 10.6 Å². The van der Waals surface area contributed by atoms with Crippen LogP contribution in [-0.2, 0) is 13.0 Å². The Morgan fingerprint density at radius 2 is 2.14 bits per heavy atom. The van der Waals surface area contributed by atoms with E-state index in [1.165, 1.54) is 10.4 Å². The highest BCUT2D eigenvalue weighted by molar-refractivity contribution is 7.16. The number of amides is 1. The average Bonchev–Trinajstić information content (AvgIpc) is 2.85. The number of phenols is 1. The second-order valence-corrected chi connectivity index (χ2v) is 6.91. The van der Waals surface area contributed by atoms with Gasteiger partial charge in [0, 0.05) is 23.5 Å². The maximum absolute atomic E-state index is 12.6. The van der Waals surface area contributed by atoms with Crippen LogP contribution in [0, 0.1) is 0 Å². The molecule has 0 spiro atoms. The summed E-state index contributed by atoms with van der Waals surface area (Å²) in [6, 6.07) is 7.08. The Kier molecular flexibility index (Phi) is 3.09. The molecule has 22 heavy (non-hydrogen) atoms. The number of hydrogen-bond donors (Lipinski definition) is 3. The van der Waals surface area contributed by atoms with E-state index in [0.29, 0.717) is 5.56 Å². The quantitative estimate of drug-likeness (QED) is 0.755. The van der Waals surface area contributed by atoms with Crippen LogP contribution in [0.25, 0.3) is 0 Å². The molecular formula is C16H17N3O2S. The van der Waals surface area contributed by atoms with Gasteiger partial charge in [-0.3, -0.25) is 4.79 Å². The SMILES string of the molecule is CN1CCc2c(sc3c2C(=O)NC(c2ccccc2O)N3)C1. The predicted octanol–water partition coefficient (Wildman–Crippen LogP) is 2.30. The zero-order chi connectivity index (χ0) is 15.3. The minimum absolute atomic E-state index is 0.0518. The molecule has 114 valence electrons. The number of fused-ring (bicyclic) bond motifs is 3. The van der Waals surface area contributed by atoms with Gasteiger partial charge in [-0.2, -0.15) is 0 Å². The van der Waals surface area contributed by atoms with Crippen molar-refractivity contribution in [1.82, 2.24) is 10.2 Å². The van der Waals surface area contributed by atoms with Crippen LogP contribution >= 0.6 is 11.3 Å². The number of para-hydroxylation sites is 1. The fourth-order valence-corrected chi connectivity index (χ4v) is 4.48. The van der Waals surface area contributed by atoms with Gasteiger partial charge in [0.05, 0.1) is 5.56 Å². The van der Waals surface area contributed by atoms with E-state index in [2.05, 4.69) is 22.6 Å². The van der Waals surface area contributed by atoms with Crippen molar-refractivity contribution < 1.29 is 9.90 Å². The topological polar surface area (TPSA) is 64.6 Å². The average molecular weight is 315 g/mol. The molecule has 2 aliphatic heterocycles. The van der Waals surface area contributed by atoms with E-state index in [4.69, 9.17) is 0 Å². The molecule has 1 unspecified atom stereocenters. The predicted molar refractivity (Wildman–Crippen MR) is 86.3 cm³/mol. The van der Waals surface area contributed by atoms with Crippen molar-refractivity contribution in [3.63, 3.8) is 0 Å². The summed E-state index contributed by atoms with van der Waals surface area (Å²) in [5.74, 6) is 0.133. The van der Waals surface area contributed by atoms with E-state index in [0.717, 1.165) is 30.1 Å². The smallest absolute Gasteiger partial charge is 0.256 e. The highest BCUT2D eigenvalue weighted by Gasteiger charge is 2.33. The monoisotopic (exact) mass is 315 g/mol. The zero-order valence-corrected chi connectivity index (χ0v) is 13.0. The second-order valence-electron chi connectivity index (χ2n) is 5.81. The Labute approximate surface area is 132 Å². The first-order chi connectivity index (χ1) is 10.6. The van der Waals surface area contributed by atoms with Gasteiger partial charge >= 0.3 is 0 Å². The Morgan fingerprint density at radius 1 is 1.32 bits per heavy atom. The largest absolute Gasteiger partial charge is 0.508 e. The van der Waals surface area contributed by atoms with Crippen molar-refractivity contribution in [2.75, 3.05) is 18.9 Å². The molecular weight excluding hydrogens is 298 g/mol. The number of phenolic OH excluding ortho intramolecular Hbond substituents is 1. The second kappa shape index (κ2) is 5.00. The third-order valence-corrected chi connectivity index (χ3v) is 5.42. The number of carbonyl (C=O) groups is 1. The number of benzene rings is 1. The standard InChI is InChI=1S/C16H17N3O2S/c1-19-7-6-10-12(8-19)22-16-13(10)15(21)17-14(18-16)9-4-2-3-5-11(9)20/h2-5,14,18,20H,6-8H2,1H3,(H,17,21). The lowest BCUT2D eigenvalue weighted by atomic mass is 10.0. The molecule has 0 radical (unpaired) electrons. The molecule has 1 aromatic heterocycles. The Hall–Kier alpha value is -2.05. The number of anilines is 1. The van der Waals surface area contributed by atoms with Gasteiger partial charge in [0.2, 0.25) is 0 Å². The molecule has 0 bridgehead atoms. The van der Waals surface area contributed by atoms with Crippen LogP contribution in [0.4, 0.5) is 5.00 Å². The summed E-state index contributed by atoms with van der Waals surface area (Å²) < 4.78 is 0. The lowest BCUT2D eigenvalue weighted by Gasteiger charge is -2.27. The van der Waals surface area contributed by atoms with E-state index >= 15 is 0 Å². The van der Waals surface area contributed by atoms with E-state index in [1.54, 1.807) is 23.5 Å². The van der Waals surface area contributed by atoms with Gasteiger partial charge < -0.3 is 20.6 Å². The summed E-state index contributed by atoms with van der Waals surface area (Å²) >= 11 is 1.65. The van der Waals surface area contributed by atoms with Crippen molar-refractivity contribution >= 4 is 22.2 Å². The van der Waals surface area contributed by atoms with Crippen LogP contribution in [0.3, 0.4) is 0 Å². The molecule has 1 amide bonds. The highest BCUT2D eigenvalue weighted by atomic mass is 32.1. The number of aromatic hydroxyl groups is 1. The zero-order valence-electron chi connectivity index (χ0n) is 12.2. The van der Waals surface area contributed by atoms with Crippen LogP contribution in [0.1, 0.15) is 32.5 Å². The minimum Gasteiger partial charge on any atom is -0.508 e.